The maximum Gasteiger partial charge on any atom is 0.188 e. The Bertz CT molecular complexity index is 989. The summed E-state index contributed by atoms with van der Waals surface area (Å²) in [6.45, 7) is 0.954. The van der Waals surface area contributed by atoms with Crippen LogP contribution in [0, 0.1) is 0 Å². The second kappa shape index (κ2) is 7.95. The second-order valence-corrected chi connectivity index (χ2v) is 7.08. The zero-order valence-corrected chi connectivity index (χ0v) is 16.3. The van der Waals surface area contributed by atoms with Crippen molar-refractivity contribution >= 4 is 22.2 Å². The van der Waals surface area contributed by atoms with Gasteiger partial charge in [0.2, 0.25) is 0 Å². The topological polar surface area (TPSA) is 82.1 Å². The first-order chi connectivity index (χ1) is 13.7. The van der Waals surface area contributed by atoms with Gasteiger partial charge in [-0.25, -0.2) is 4.98 Å². The third kappa shape index (κ3) is 3.56. The summed E-state index contributed by atoms with van der Waals surface area (Å²) in [6.07, 6.45) is 0. The SMILES string of the molecule is COc1ccc(Nc2nc(-c3ccc4c(c3)OCCO4)c(CO)s2)c(OC)c1. The summed E-state index contributed by atoms with van der Waals surface area (Å²) in [5, 5.41) is 13.7. The quantitative estimate of drug-likeness (QED) is 0.651. The monoisotopic (exact) mass is 400 g/mol. The number of methoxy groups -OCH3 is 2. The molecule has 8 heteroatoms. The van der Waals surface area contributed by atoms with Crippen LogP contribution in [0.1, 0.15) is 4.88 Å². The molecule has 0 atom stereocenters. The first kappa shape index (κ1) is 18.4. The van der Waals surface area contributed by atoms with Crippen LogP contribution in [0.15, 0.2) is 36.4 Å². The molecular weight excluding hydrogens is 380 g/mol. The fourth-order valence-electron chi connectivity index (χ4n) is 2.95. The summed E-state index contributed by atoms with van der Waals surface area (Å²) in [7, 11) is 3.21. The Morgan fingerprint density at radius 3 is 2.64 bits per heavy atom. The van der Waals surface area contributed by atoms with Crippen LogP contribution >= 0.6 is 11.3 Å². The standard InChI is InChI=1S/C20H20N2O5S/c1-24-13-4-5-14(16(10-13)25-2)21-20-22-19(18(11-23)28-20)12-3-6-15-17(9-12)27-8-7-26-15/h3-6,9-10,23H,7-8,11H2,1-2H3,(H,21,22). The van der Waals surface area contributed by atoms with Gasteiger partial charge in [-0.2, -0.15) is 0 Å². The largest absolute Gasteiger partial charge is 0.497 e. The number of anilines is 2. The molecule has 0 saturated heterocycles. The Labute approximate surface area is 166 Å². The number of nitrogens with zero attached hydrogens (tertiary/aromatic N) is 1. The molecule has 3 aromatic rings. The van der Waals surface area contributed by atoms with E-state index in [1.807, 2.05) is 30.3 Å². The predicted molar refractivity (Wildman–Crippen MR) is 107 cm³/mol. The van der Waals surface area contributed by atoms with Gasteiger partial charge in [-0.3, -0.25) is 0 Å². The third-order valence-corrected chi connectivity index (χ3v) is 5.26. The summed E-state index contributed by atoms with van der Waals surface area (Å²) in [5.74, 6) is 2.75. The summed E-state index contributed by atoms with van der Waals surface area (Å²) >= 11 is 1.38. The smallest absolute Gasteiger partial charge is 0.188 e. The summed E-state index contributed by atoms with van der Waals surface area (Å²) in [6, 6.07) is 11.2. The molecule has 0 radical (unpaired) electrons. The summed E-state index contributed by atoms with van der Waals surface area (Å²) < 4.78 is 21.9. The number of hydrogen-bond acceptors (Lipinski definition) is 8. The van der Waals surface area contributed by atoms with Crippen molar-refractivity contribution in [3.05, 3.63) is 41.3 Å². The molecule has 2 heterocycles. The van der Waals surface area contributed by atoms with Crippen molar-refractivity contribution in [3.63, 3.8) is 0 Å². The first-order valence-corrected chi connectivity index (χ1v) is 9.53. The second-order valence-electron chi connectivity index (χ2n) is 6.00. The zero-order chi connectivity index (χ0) is 19.5. The van der Waals surface area contributed by atoms with Gasteiger partial charge in [0.15, 0.2) is 16.6 Å². The number of thiazole rings is 1. The lowest BCUT2D eigenvalue weighted by Gasteiger charge is -2.18. The van der Waals surface area contributed by atoms with Crippen molar-refractivity contribution in [1.82, 2.24) is 4.98 Å². The Morgan fingerprint density at radius 2 is 1.89 bits per heavy atom. The van der Waals surface area contributed by atoms with Crippen molar-refractivity contribution in [2.45, 2.75) is 6.61 Å². The molecule has 7 nitrogen and oxygen atoms in total. The molecule has 1 aromatic heterocycles. The normalized spacial score (nSPS) is 12.5. The third-order valence-electron chi connectivity index (χ3n) is 4.31. The molecular formula is C20H20N2O5S. The van der Waals surface area contributed by atoms with Crippen LogP contribution in [0.2, 0.25) is 0 Å². The highest BCUT2D eigenvalue weighted by molar-refractivity contribution is 7.16. The van der Waals surface area contributed by atoms with Gasteiger partial charge in [0.1, 0.15) is 24.7 Å². The lowest BCUT2D eigenvalue weighted by atomic mass is 10.1. The minimum absolute atomic E-state index is 0.108. The van der Waals surface area contributed by atoms with Crippen LogP contribution in [-0.2, 0) is 6.61 Å². The minimum Gasteiger partial charge on any atom is -0.497 e. The van der Waals surface area contributed by atoms with E-state index in [9.17, 15) is 5.11 Å². The van der Waals surface area contributed by atoms with E-state index in [1.54, 1.807) is 20.3 Å². The number of aromatic nitrogens is 1. The molecule has 4 rings (SSSR count). The van der Waals surface area contributed by atoms with E-state index in [-0.39, 0.29) is 6.61 Å². The number of rotatable bonds is 6. The molecule has 0 unspecified atom stereocenters. The minimum atomic E-state index is -0.108. The molecule has 146 valence electrons. The molecule has 2 N–H and O–H groups in total. The maximum absolute atomic E-state index is 9.81. The number of benzene rings is 2. The van der Waals surface area contributed by atoms with E-state index >= 15 is 0 Å². The molecule has 28 heavy (non-hydrogen) atoms. The molecule has 0 bridgehead atoms. The Kier molecular flexibility index (Phi) is 5.23. The van der Waals surface area contributed by atoms with Crippen molar-refractivity contribution in [2.75, 3.05) is 32.8 Å². The Morgan fingerprint density at radius 1 is 1.07 bits per heavy atom. The Balaban J connectivity index is 1.65. The number of hydrogen-bond donors (Lipinski definition) is 2. The van der Waals surface area contributed by atoms with E-state index in [2.05, 4.69) is 10.3 Å². The number of fused-ring (bicyclic) bond motifs is 1. The van der Waals surface area contributed by atoms with Gasteiger partial charge in [0.25, 0.3) is 0 Å². The van der Waals surface area contributed by atoms with Gasteiger partial charge in [0, 0.05) is 11.6 Å². The van der Waals surface area contributed by atoms with E-state index in [0.29, 0.717) is 41.3 Å². The predicted octanol–water partition coefficient (Wildman–Crippen LogP) is 3.83. The van der Waals surface area contributed by atoms with Crippen molar-refractivity contribution < 1.29 is 24.1 Å². The van der Waals surface area contributed by atoms with Crippen molar-refractivity contribution in [2.24, 2.45) is 0 Å². The summed E-state index contributed by atoms with van der Waals surface area (Å²) in [4.78, 5) is 5.43. The van der Waals surface area contributed by atoms with Crippen LogP contribution in [0.4, 0.5) is 10.8 Å². The molecule has 0 aliphatic carbocycles. The van der Waals surface area contributed by atoms with Crippen LogP contribution < -0.4 is 24.3 Å². The van der Waals surface area contributed by atoms with Crippen LogP contribution in [-0.4, -0.2) is 37.5 Å². The fourth-order valence-corrected chi connectivity index (χ4v) is 3.80. The van der Waals surface area contributed by atoms with E-state index in [1.165, 1.54) is 11.3 Å². The van der Waals surface area contributed by atoms with E-state index in [4.69, 9.17) is 18.9 Å². The average molecular weight is 400 g/mol. The molecule has 0 fully saturated rings. The van der Waals surface area contributed by atoms with Crippen LogP contribution in [0.3, 0.4) is 0 Å². The van der Waals surface area contributed by atoms with Crippen LogP contribution in [0.25, 0.3) is 11.3 Å². The highest BCUT2D eigenvalue weighted by atomic mass is 32.1. The van der Waals surface area contributed by atoms with Crippen molar-refractivity contribution in [1.29, 1.82) is 0 Å². The number of ether oxygens (including phenoxy) is 4. The van der Waals surface area contributed by atoms with Gasteiger partial charge < -0.3 is 29.4 Å². The molecule has 0 saturated carbocycles. The van der Waals surface area contributed by atoms with Crippen molar-refractivity contribution in [3.8, 4) is 34.3 Å². The number of aliphatic hydroxyl groups is 1. The lowest BCUT2D eigenvalue weighted by molar-refractivity contribution is 0.171. The van der Waals surface area contributed by atoms with Gasteiger partial charge in [-0.15, -0.1) is 0 Å². The molecule has 1 aliphatic heterocycles. The fraction of sp³-hybridized carbons (Fsp3) is 0.250. The van der Waals surface area contributed by atoms with Gasteiger partial charge in [-0.1, -0.05) is 11.3 Å². The Hall–Kier alpha value is -2.97. The van der Waals surface area contributed by atoms with Crippen LogP contribution in [0.5, 0.6) is 23.0 Å². The number of nitrogens with one attached hydrogen (secondary N) is 1. The number of aliphatic hydroxyl groups excluding tert-OH is 1. The van der Waals surface area contributed by atoms with Gasteiger partial charge in [-0.05, 0) is 30.3 Å². The lowest BCUT2D eigenvalue weighted by Crippen LogP contribution is -2.15. The highest BCUT2D eigenvalue weighted by Crippen LogP contribution is 2.39. The summed E-state index contributed by atoms with van der Waals surface area (Å²) in [5.41, 5.74) is 2.33. The maximum atomic E-state index is 9.81. The highest BCUT2D eigenvalue weighted by Gasteiger charge is 2.18. The first-order valence-electron chi connectivity index (χ1n) is 8.71. The van der Waals surface area contributed by atoms with Gasteiger partial charge >= 0.3 is 0 Å². The van der Waals surface area contributed by atoms with Gasteiger partial charge in [0.05, 0.1) is 37.1 Å². The molecule has 0 spiro atoms. The zero-order valence-electron chi connectivity index (χ0n) is 15.5. The van der Waals surface area contributed by atoms with E-state index in [0.717, 1.165) is 21.9 Å². The average Bonchev–Trinajstić information content (AvgIpc) is 3.16. The molecule has 1 aliphatic rings. The molecule has 0 amide bonds. The van der Waals surface area contributed by atoms with E-state index < -0.39 is 0 Å². The molecule has 2 aromatic carbocycles.